The first kappa shape index (κ1) is 22.3. The maximum Gasteiger partial charge on any atom is 0.404 e. The van der Waals surface area contributed by atoms with Crippen LogP contribution in [0.15, 0.2) is 91.4 Å². The summed E-state index contributed by atoms with van der Waals surface area (Å²) in [5.41, 5.74) is 13.5. The monoisotopic (exact) mass is 489 g/mol. The van der Waals surface area contributed by atoms with E-state index in [2.05, 4.69) is 45.7 Å². The molecular formula is C28H23N7O2. The topological polar surface area (TPSA) is 123 Å². The van der Waals surface area contributed by atoms with Gasteiger partial charge in [0.2, 0.25) is 0 Å². The second kappa shape index (κ2) is 9.12. The molecule has 0 bridgehead atoms. The Morgan fingerprint density at radius 3 is 2.62 bits per heavy atom. The number of aromatic nitrogens is 5. The van der Waals surface area contributed by atoms with Gasteiger partial charge in [0, 0.05) is 29.3 Å². The van der Waals surface area contributed by atoms with Crippen LogP contribution in [0.2, 0.25) is 0 Å². The molecule has 0 spiro atoms. The highest BCUT2D eigenvalue weighted by molar-refractivity contribution is 5.95. The summed E-state index contributed by atoms with van der Waals surface area (Å²) >= 11 is 0. The number of anilines is 1. The highest BCUT2D eigenvalue weighted by Gasteiger charge is 2.17. The number of nitrogens with one attached hydrogen (secondary N) is 1. The van der Waals surface area contributed by atoms with Crippen LogP contribution in [0.5, 0.6) is 0 Å². The smallest absolute Gasteiger partial charge is 0.404 e. The Balaban J connectivity index is 1.42. The number of fused-ring (bicyclic) bond motifs is 2. The minimum absolute atomic E-state index is 0.207. The molecule has 182 valence electrons. The third kappa shape index (κ3) is 4.34. The molecule has 0 saturated carbocycles. The summed E-state index contributed by atoms with van der Waals surface area (Å²) in [7, 11) is 0. The van der Waals surface area contributed by atoms with Crippen molar-refractivity contribution in [2.75, 3.05) is 5.73 Å². The Bertz CT molecular complexity index is 1760. The van der Waals surface area contributed by atoms with Crippen molar-refractivity contribution in [2.24, 2.45) is 0 Å². The predicted octanol–water partition coefficient (Wildman–Crippen LogP) is 4.81. The van der Waals surface area contributed by atoms with Crippen LogP contribution in [0.4, 0.5) is 10.6 Å². The van der Waals surface area contributed by atoms with Crippen molar-refractivity contribution in [1.82, 2.24) is 29.7 Å². The van der Waals surface area contributed by atoms with Crippen LogP contribution in [0.25, 0.3) is 38.8 Å². The predicted molar refractivity (Wildman–Crippen MR) is 142 cm³/mol. The lowest BCUT2D eigenvalue weighted by Crippen LogP contribution is -2.19. The minimum atomic E-state index is -1.07. The molecule has 37 heavy (non-hydrogen) atoms. The highest BCUT2D eigenvalue weighted by Crippen LogP contribution is 2.36. The van der Waals surface area contributed by atoms with Gasteiger partial charge in [0.1, 0.15) is 11.8 Å². The number of nitrogens with zero attached hydrogens (tertiary/aromatic N) is 5. The average Bonchev–Trinajstić information content (AvgIpc) is 3.49. The first-order valence-electron chi connectivity index (χ1n) is 11.7. The van der Waals surface area contributed by atoms with Crippen molar-refractivity contribution in [1.29, 1.82) is 0 Å². The fourth-order valence-corrected chi connectivity index (χ4v) is 4.60. The van der Waals surface area contributed by atoms with Gasteiger partial charge >= 0.3 is 6.09 Å². The van der Waals surface area contributed by atoms with E-state index in [0.29, 0.717) is 17.9 Å². The standard InChI is InChI=1S/C28H23N7O2/c29-27-26-23(20-9-10-22-16-34(33-24(22)12-20)15-18-5-2-1-3-6-18)13-25(35(26)32-17-31-27)21-8-4-7-19(11-21)14-30-28(36)37/h1-13,16-17,30H,14-15H2,(H,36,37)(H2,29,31,32). The molecule has 0 aliphatic carbocycles. The Kier molecular flexibility index (Phi) is 5.49. The van der Waals surface area contributed by atoms with E-state index in [1.54, 1.807) is 4.52 Å². The van der Waals surface area contributed by atoms with Crippen molar-refractivity contribution in [3.05, 3.63) is 103 Å². The summed E-state index contributed by atoms with van der Waals surface area (Å²) in [4.78, 5) is 15.2. The van der Waals surface area contributed by atoms with Gasteiger partial charge in [-0.05, 0) is 34.9 Å². The van der Waals surface area contributed by atoms with Crippen LogP contribution in [0.3, 0.4) is 0 Å². The molecule has 9 nitrogen and oxygen atoms in total. The van der Waals surface area contributed by atoms with Gasteiger partial charge in [0.15, 0.2) is 5.82 Å². The molecule has 1 amide bonds. The van der Waals surface area contributed by atoms with Crippen LogP contribution in [0, 0.1) is 0 Å². The van der Waals surface area contributed by atoms with Gasteiger partial charge in [-0.3, -0.25) is 4.68 Å². The summed E-state index contributed by atoms with van der Waals surface area (Å²) in [5, 5.41) is 21.7. The van der Waals surface area contributed by atoms with Crippen molar-refractivity contribution < 1.29 is 9.90 Å². The number of hydrogen-bond donors (Lipinski definition) is 3. The largest absolute Gasteiger partial charge is 0.465 e. The molecule has 3 aromatic carbocycles. The van der Waals surface area contributed by atoms with Crippen LogP contribution in [-0.2, 0) is 13.1 Å². The Labute approximate surface area is 211 Å². The van der Waals surface area contributed by atoms with Gasteiger partial charge in [-0.15, -0.1) is 0 Å². The normalized spacial score (nSPS) is 11.2. The van der Waals surface area contributed by atoms with E-state index in [1.807, 2.05) is 59.4 Å². The number of nitrogens with two attached hydrogens (primary N) is 1. The van der Waals surface area contributed by atoms with Gasteiger partial charge in [0.05, 0.1) is 17.8 Å². The molecule has 0 saturated heterocycles. The molecule has 0 atom stereocenters. The number of nitrogen functional groups attached to an aromatic ring is 1. The summed E-state index contributed by atoms with van der Waals surface area (Å²) in [5.74, 6) is 0.370. The van der Waals surface area contributed by atoms with Crippen molar-refractivity contribution in [3.8, 4) is 22.4 Å². The third-order valence-electron chi connectivity index (χ3n) is 6.30. The highest BCUT2D eigenvalue weighted by atomic mass is 16.4. The van der Waals surface area contributed by atoms with Crippen LogP contribution in [0.1, 0.15) is 11.1 Å². The zero-order valence-electron chi connectivity index (χ0n) is 19.7. The molecule has 3 aromatic heterocycles. The first-order chi connectivity index (χ1) is 18.0. The van der Waals surface area contributed by atoms with E-state index in [0.717, 1.165) is 38.9 Å². The molecule has 4 N–H and O–H groups in total. The lowest BCUT2D eigenvalue weighted by atomic mass is 10.0. The summed E-state index contributed by atoms with van der Waals surface area (Å²) in [6.07, 6.45) is 2.41. The van der Waals surface area contributed by atoms with Crippen molar-refractivity contribution >= 4 is 28.3 Å². The molecule has 9 heteroatoms. The van der Waals surface area contributed by atoms with Gasteiger partial charge < -0.3 is 16.2 Å². The molecule has 0 radical (unpaired) electrons. The van der Waals surface area contributed by atoms with E-state index >= 15 is 0 Å². The molecule has 3 heterocycles. The number of carbonyl (C=O) groups is 1. The summed E-state index contributed by atoms with van der Waals surface area (Å²) in [6, 6.07) is 26.1. The number of hydrogen-bond acceptors (Lipinski definition) is 5. The van der Waals surface area contributed by atoms with Crippen LogP contribution < -0.4 is 11.1 Å². The number of carboxylic acid groups (broad SMARTS) is 1. The van der Waals surface area contributed by atoms with Gasteiger partial charge in [-0.2, -0.15) is 10.2 Å². The molecule has 0 fully saturated rings. The second-order valence-electron chi connectivity index (χ2n) is 8.79. The molecule has 0 unspecified atom stereocenters. The quantitative estimate of drug-likeness (QED) is 0.308. The maximum atomic E-state index is 10.9. The van der Waals surface area contributed by atoms with Crippen LogP contribution >= 0.6 is 0 Å². The molecule has 6 aromatic rings. The zero-order valence-corrected chi connectivity index (χ0v) is 19.7. The van der Waals surface area contributed by atoms with Crippen LogP contribution in [-0.4, -0.2) is 35.6 Å². The Morgan fingerprint density at radius 2 is 1.78 bits per heavy atom. The third-order valence-corrected chi connectivity index (χ3v) is 6.30. The summed E-state index contributed by atoms with van der Waals surface area (Å²) in [6.45, 7) is 0.900. The molecule has 6 rings (SSSR count). The number of rotatable bonds is 6. The first-order valence-corrected chi connectivity index (χ1v) is 11.7. The zero-order chi connectivity index (χ0) is 25.4. The lowest BCUT2D eigenvalue weighted by molar-refractivity contribution is 0.194. The van der Waals surface area contributed by atoms with E-state index in [1.165, 1.54) is 11.9 Å². The second-order valence-corrected chi connectivity index (χ2v) is 8.79. The molecule has 0 aliphatic rings. The average molecular weight is 490 g/mol. The minimum Gasteiger partial charge on any atom is -0.465 e. The maximum absolute atomic E-state index is 10.9. The Morgan fingerprint density at radius 1 is 0.946 bits per heavy atom. The number of amides is 1. The van der Waals surface area contributed by atoms with Crippen molar-refractivity contribution in [2.45, 2.75) is 13.1 Å². The van der Waals surface area contributed by atoms with Crippen molar-refractivity contribution in [3.63, 3.8) is 0 Å². The van der Waals surface area contributed by atoms with Gasteiger partial charge in [0.25, 0.3) is 0 Å². The molecular weight excluding hydrogens is 466 g/mol. The van der Waals surface area contributed by atoms with Gasteiger partial charge in [-0.1, -0.05) is 60.7 Å². The SMILES string of the molecule is Nc1ncnn2c(-c3cccc(CNC(=O)O)c3)cc(-c3ccc4cn(Cc5ccccc5)nc4c3)c12. The fourth-order valence-electron chi connectivity index (χ4n) is 4.60. The number of benzene rings is 3. The molecule has 0 aliphatic heterocycles. The van der Waals surface area contributed by atoms with E-state index in [-0.39, 0.29) is 6.54 Å². The lowest BCUT2D eigenvalue weighted by Gasteiger charge is -2.06. The van der Waals surface area contributed by atoms with E-state index < -0.39 is 6.09 Å². The fraction of sp³-hybridized carbons (Fsp3) is 0.0714. The summed E-state index contributed by atoms with van der Waals surface area (Å²) < 4.78 is 3.72. The van der Waals surface area contributed by atoms with E-state index in [9.17, 15) is 4.79 Å². The van der Waals surface area contributed by atoms with E-state index in [4.69, 9.17) is 15.9 Å². The Hall–Kier alpha value is -5.18. The van der Waals surface area contributed by atoms with Gasteiger partial charge in [-0.25, -0.2) is 14.3 Å².